The number of hydrogen-bond acceptors (Lipinski definition) is 4. The molecule has 0 aliphatic carbocycles. The van der Waals surface area contributed by atoms with Crippen LogP contribution in [0.3, 0.4) is 0 Å². The third-order valence-corrected chi connectivity index (χ3v) is 5.15. The molecule has 1 aliphatic heterocycles. The second-order valence-electron chi connectivity index (χ2n) is 7.19. The zero-order valence-electron chi connectivity index (χ0n) is 16.2. The molecule has 28 heavy (non-hydrogen) atoms. The van der Waals surface area contributed by atoms with Crippen LogP contribution >= 0.6 is 0 Å². The highest BCUT2D eigenvalue weighted by molar-refractivity contribution is 5.93. The van der Waals surface area contributed by atoms with Gasteiger partial charge in [-0.3, -0.25) is 4.79 Å². The predicted molar refractivity (Wildman–Crippen MR) is 107 cm³/mol. The molecular formula is C22H24N4O2. The Hall–Kier alpha value is -3.15. The fourth-order valence-corrected chi connectivity index (χ4v) is 3.48. The first-order chi connectivity index (χ1) is 13.6. The van der Waals surface area contributed by atoms with Crippen molar-refractivity contribution < 1.29 is 9.53 Å². The van der Waals surface area contributed by atoms with Gasteiger partial charge in [0.15, 0.2) is 5.69 Å². The molecule has 2 heterocycles. The van der Waals surface area contributed by atoms with Crippen LogP contribution in [0.15, 0.2) is 54.6 Å². The van der Waals surface area contributed by atoms with Crippen molar-refractivity contribution >= 4 is 5.91 Å². The van der Waals surface area contributed by atoms with Gasteiger partial charge in [0.05, 0.1) is 11.4 Å². The van der Waals surface area contributed by atoms with Crippen molar-refractivity contribution in [3.05, 3.63) is 71.5 Å². The van der Waals surface area contributed by atoms with E-state index in [-0.39, 0.29) is 12.0 Å². The van der Waals surface area contributed by atoms with E-state index in [2.05, 4.69) is 10.3 Å². The molecule has 0 atom stereocenters. The molecule has 4 rings (SSSR count). The Balaban J connectivity index is 1.41. The van der Waals surface area contributed by atoms with E-state index in [0.29, 0.717) is 18.8 Å². The molecule has 1 aliphatic rings. The summed E-state index contributed by atoms with van der Waals surface area (Å²) in [4.78, 5) is 14.8. The molecule has 1 amide bonds. The summed E-state index contributed by atoms with van der Waals surface area (Å²) in [5.74, 6) is 0.818. The first-order valence-electron chi connectivity index (χ1n) is 9.62. The molecule has 6 heteroatoms. The van der Waals surface area contributed by atoms with Crippen molar-refractivity contribution in [3.63, 3.8) is 0 Å². The van der Waals surface area contributed by atoms with Crippen LogP contribution in [0.25, 0.3) is 5.69 Å². The molecule has 144 valence electrons. The maximum absolute atomic E-state index is 13.0. The Bertz CT molecular complexity index is 942. The fourth-order valence-electron chi connectivity index (χ4n) is 3.48. The van der Waals surface area contributed by atoms with Crippen molar-refractivity contribution in [2.45, 2.75) is 32.8 Å². The number of hydrogen-bond donors (Lipinski definition) is 0. The summed E-state index contributed by atoms with van der Waals surface area (Å²) in [7, 11) is 0. The molecule has 1 fully saturated rings. The number of amides is 1. The number of ether oxygens (including phenoxy) is 1. The van der Waals surface area contributed by atoms with Gasteiger partial charge in [-0.2, -0.15) is 0 Å². The maximum atomic E-state index is 13.0. The van der Waals surface area contributed by atoms with E-state index in [4.69, 9.17) is 4.74 Å². The third kappa shape index (κ3) is 3.76. The Morgan fingerprint density at radius 3 is 2.36 bits per heavy atom. The Kier molecular flexibility index (Phi) is 5.10. The molecule has 3 aromatic rings. The Morgan fingerprint density at radius 1 is 1.00 bits per heavy atom. The summed E-state index contributed by atoms with van der Waals surface area (Å²) < 4.78 is 7.73. The Labute approximate surface area is 164 Å². The summed E-state index contributed by atoms with van der Waals surface area (Å²) in [6.07, 6.45) is 1.76. The number of aromatic nitrogens is 3. The van der Waals surface area contributed by atoms with E-state index in [1.54, 1.807) is 4.68 Å². The SMILES string of the molecule is Cc1ccc(-n2nnc(C(=O)N3CCC(Oc4ccccc4)CC3)c2C)cc1. The number of likely N-dealkylation sites (tertiary alicyclic amines) is 1. The van der Waals surface area contributed by atoms with Crippen molar-refractivity contribution in [1.82, 2.24) is 19.9 Å². The highest BCUT2D eigenvalue weighted by atomic mass is 16.5. The number of piperidine rings is 1. The molecule has 1 saturated heterocycles. The van der Waals surface area contributed by atoms with E-state index < -0.39 is 0 Å². The second kappa shape index (κ2) is 7.84. The molecule has 2 aromatic carbocycles. The van der Waals surface area contributed by atoms with E-state index in [9.17, 15) is 4.79 Å². The summed E-state index contributed by atoms with van der Waals surface area (Å²) >= 11 is 0. The molecule has 0 spiro atoms. The number of rotatable bonds is 4. The Morgan fingerprint density at radius 2 is 1.68 bits per heavy atom. The number of carbonyl (C=O) groups excluding carboxylic acids is 1. The summed E-state index contributed by atoms with van der Waals surface area (Å²) in [5, 5.41) is 8.36. The van der Waals surface area contributed by atoms with Crippen LogP contribution in [0.5, 0.6) is 5.75 Å². The molecule has 0 bridgehead atoms. The first-order valence-corrected chi connectivity index (χ1v) is 9.62. The van der Waals surface area contributed by atoms with Gasteiger partial charge < -0.3 is 9.64 Å². The normalized spacial score (nSPS) is 14.9. The van der Waals surface area contributed by atoms with Crippen LogP contribution < -0.4 is 4.74 Å². The van der Waals surface area contributed by atoms with E-state index >= 15 is 0 Å². The second-order valence-corrected chi connectivity index (χ2v) is 7.19. The smallest absolute Gasteiger partial charge is 0.276 e. The summed E-state index contributed by atoms with van der Waals surface area (Å²) in [5.41, 5.74) is 3.27. The van der Waals surface area contributed by atoms with Crippen LogP contribution in [0.4, 0.5) is 0 Å². The average Bonchev–Trinajstić information content (AvgIpc) is 3.11. The minimum Gasteiger partial charge on any atom is -0.490 e. The number of nitrogens with zero attached hydrogens (tertiary/aromatic N) is 4. The number of para-hydroxylation sites is 1. The lowest BCUT2D eigenvalue weighted by atomic mass is 10.1. The van der Waals surface area contributed by atoms with Crippen molar-refractivity contribution in [2.24, 2.45) is 0 Å². The lowest BCUT2D eigenvalue weighted by Crippen LogP contribution is -2.42. The fraction of sp³-hybridized carbons (Fsp3) is 0.318. The minimum atomic E-state index is -0.0611. The van der Waals surface area contributed by atoms with Crippen molar-refractivity contribution in [3.8, 4) is 11.4 Å². The highest BCUT2D eigenvalue weighted by Gasteiger charge is 2.28. The van der Waals surface area contributed by atoms with Gasteiger partial charge in [0.1, 0.15) is 11.9 Å². The van der Waals surface area contributed by atoms with Crippen molar-refractivity contribution in [2.75, 3.05) is 13.1 Å². The van der Waals surface area contributed by atoms with Gasteiger partial charge in [-0.05, 0) is 38.1 Å². The van der Waals surface area contributed by atoms with Crippen LogP contribution in [0.2, 0.25) is 0 Å². The average molecular weight is 376 g/mol. The highest BCUT2D eigenvalue weighted by Crippen LogP contribution is 2.21. The largest absolute Gasteiger partial charge is 0.490 e. The minimum absolute atomic E-state index is 0.0611. The summed E-state index contributed by atoms with van der Waals surface area (Å²) in [6, 6.07) is 17.8. The van der Waals surface area contributed by atoms with Gasteiger partial charge in [0.2, 0.25) is 0 Å². The van der Waals surface area contributed by atoms with Gasteiger partial charge in [0.25, 0.3) is 5.91 Å². The van der Waals surface area contributed by atoms with E-state index in [1.807, 2.05) is 73.3 Å². The topological polar surface area (TPSA) is 60.2 Å². The van der Waals surface area contributed by atoms with Crippen LogP contribution in [0.1, 0.15) is 34.6 Å². The van der Waals surface area contributed by atoms with Crippen molar-refractivity contribution in [1.29, 1.82) is 0 Å². The zero-order valence-corrected chi connectivity index (χ0v) is 16.2. The van der Waals surface area contributed by atoms with Crippen LogP contribution in [0, 0.1) is 13.8 Å². The maximum Gasteiger partial charge on any atom is 0.276 e. The lowest BCUT2D eigenvalue weighted by Gasteiger charge is -2.31. The number of aryl methyl sites for hydroxylation is 1. The van der Waals surface area contributed by atoms with Gasteiger partial charge in [-0.15, -0.1) is 5.10 Å². The van der Waals surface area contributed by atoms with E-state index in [1.165, 1.54) is 5.56 Å². The molecular weight excluding hydrogens is 352 g/mol. The van der Waals surface area contributed by atoms with Crippen LogP contribution in [-0.2, 0) is 0 Å². The molecule has 0 unspecified atom stereocenters. The number of benzene rings is 2. The van der Waals surface area contributed by atoms with Gasteiger partial charge in [-0.25, -0.2) is 4.68 Å². The lowest BCUT2D eigenvalue weighted by molar-refractivity contribution is 0.0589. The predicted octanol–water partition coefficient (Wildman–Crippen LogP) is 3.57. The van der Waals surface area contributed by atoms with Gasteiger partial charge >= 0.3 is 0 Å². The monoisotopic (exact) mass is 376 g/mol. The summed E-state index contributed by atoms with van der Waals surface area (Å²) in [6.45, 7) is 5.25. The zero-order chi connectivity index (χ0) is 19.5. The molecule has 6 nitrogen and oxygen atoms in total. The first kappa shape index (κ1) is 18.2. The molecule has 1 aromatic heterocycles. The number of carbonyl (C=O) groups is 1. The quantitative estimate of drug-likeness (QED) is 0.698. The molecule has 0 saturated carbocycles. The van der Waals surface area contributed by atoms with E-state index in [0.717, 1.165) is 30.0 Å². The van der Waals surface area contributed by atoms with Gasteiger partial charge in [-0.1, -0.05) is 41.1 Å². The molecule has 0 radical (unpaired) electrons. The third-order valence-electron chi connectivity index (χ3n) is 5.15. The van der Waals surface area contributed by atoms with Gasteiger partial charge in [0, 0.05) is 25.9 Å². The molecule has 0 N–H and O–H groups in total. The van der Waals surface area contributed by atoms with Crippen LogP contribution in [-0.4, -0.2) is 45.0 Å². The standard InChI is InChI=1S/C22H24N4O2/c1-16-8-10-18(11-9-16)26-17(2)21(23-24-26)22(27)25-14-12-20(13-15-25)28-19-6-4-3-5-7-19/h3-11,20H,12-15H2,1-2H3.